The molecule has 27 heavy (non-hydrogen) atoms. The summed E-state index contributed by atoms with van der Waals surface area (Å²) in [5.41, 5.74) is -0.301. The van der Waals surface area contributed by atoms with Gasteiger partial charge >= 0.3 is 6.03 Å². The first-order chi connectivity index (χ1) is 13.0. The number of fused-ring (bicyclic) bond motifs is 1. The van der Waals surface area contributed by atoms with Crippen molar-refractivity contribution in [1.82, 2.24) is 15.1 Å². The number of imide groups is 1. The molecule has 0 radical (unpaired) electrons. The number of likely N-dealkylation sites (tertiary alicyclic amines) is 1. The molecule has 1 aromatic carbocycles. The highest BCUT2D eigenvalue weighted by molar-refractivity contribution is 6.07. The van der Waals surface area contributed by atoms with E-state index < -0.39 is 5.54 Å². The molecule has 6 nitrogen and oxygen atoms in total. The minimum atomic E-state index is -1.05. The maximum absolute atomic E-state index is 13.2. The number of amides is 3. The Labute approximate surface area is 160 Å². The molecule has 3 atom stereocenters. The van der Waals surface area contributed by atoms with Gasteiger partial charge in [-0.05, 0) is 56.2 Å². The van der Waals surface area contributed by atoms with E-state index in [0.717, 1.165) is 24.4 Å². The number of urea groups is 1. The van der Waals surface area contributed by atoms with Crippen LogP contribution in [-0.2, 0) is 10.3 Å². The van der Waals surface area contributed by atoms with E-state index in [0.29, 0.717) is 18.5 Å². The van der Waals surface area contributed by atoms with Gasteiger partial charge < -0.3 is 10.1 Å². The summed E-state index contributed by atoms with van der Waals surface area (Å²) in [6.07, 6.45) is 7.45. The van der Waals surface area contributed by atoms with Gasteiger partial charge in [-0.25, -0.2) is 9.69 Å². The van der Waals surface area contributed by atoms with Crippen LogP contribution in [0.5, 0.6) is 5.75 Å². The van der Waals surface area contributed by atoms with Gasteiger partial charge in [-0.15, -0.1) is 0 Å². The highest BCUT2D eigenvalue weighted by Gasteiger charge is 2.50. The topological polar surface area (TPSA) is 61.9 Å². The summed E-state index contributed by atoms with van der Waals surface area (Å²) in [7, 11) is 1.60. The molecule has 2 saturated heterocycles. The molecule has 0 bridgehead atoms. The Morgan fingerprint density at radius 2 is 1.96 bits per heavy atom. The van der Waals surface area contributed by atoms with Crippen LogP contribution < -0.4 is 10.1 Å². The summed E-state index contributed by atoms with van der Waals surface area (Å²) in [4.78, 5) is 29.7. The molecule has 3 fully saturated rings. The number of ether oxygens (including phenoxy) is 1. The smallest absolute Gasteiger partial charge is 0.326 e. The molecule has 0 aromatic heterocycles. The second kappa shape index (κ2) is 7.15. The van der Waals surface area contributed by atoms with E-state index in [1.807, 2.05) is 24.3 Å². The molecule has 1 aromatic rings. The number of nitrogens with zero attached hydrogens (tertiary/aromatic N) is 2. The lowest BCUT2D eigenvalue weighted by Gasteiger charge is -2.45. The summed E-state index contributed by atoms with van der Waals surface area (Å²) in [5.74, 6) is 1.21. The Morgan fingerprint density at radius 1 is 1.19 bits per heavy atom. The highest BCUT2D eigenvalue weighted by Crippen LogP contribution is 2.36. The lowest BCUT2D eigenvalue weighted by molar-refractivity contribution is -0.133. The number of hydrogen-bond acceptors (Lipinski definition) is 4. The molecule has 2 heterocycles. The third-order valence-corrected chi connectivity index (χ3v) is 6.60. The fraction of sp³-hybridized carbons (Fsp3) is 0.619. The Kier molecular flexibility index (Phi) is 4.84. The zero-order chi connectivity index (χ0) is 19.0. The molecule has 3 aliphatic rings. The van der Waals surface area contributed by atoms with Crippen LogP contribution in [0.2, 0.25) is 0 Å². The monoisotopic (exact) mass is 371 g/mol. The van der Waals surface area contributed by atoms with Crippen LogP contribution in [0, 0.1) is 5.92 Å². The molecular formula is C21H29N3O3. The van der Waals surface area contributed by atoms with Crippen molar-refractivity contribution in [2.75, 3.05) is 20.3 Å². The summed E-state index contributed by atoms with van der Waals surface area (Å²) >= 11 is 0. The van der Waals surface area contributed by atoms with Gasteiger partial charge in [0.2, 0.25) is 0 Å². The molecule has 0 spiro atoms. The number of methoxy groups -OCH3 is 1. The zero-order valence-electron chi connectivity index (χ0n) is 16.2. The second-order valence-electron chi connectivity index (χ2n) is 8.23. The van der Waals surface area contributed by atoms with Crippen LogP contribution in [0.1, 0.15) is 51.0 Å². The number of carbonyl (C=O) groups is 2. The van der Waals surface area contributed by atoms with Gasteiger partial charge in [0.1, 0.15) is 11.3 Å². The van der Waals surface area contributed by atoms with E-state index in [-0.39, 0.29) is 11.9 Å². The van der Waals surface area contributed by atoms with E-state index in [1.165, 1.54) is 37.0 Å². The van der Waals surface area contributed by atoms with E-state index in [4.69, 9.17) is 4.74 Å². The van der Waals surface area contributed by atoms with Crippen molar-refractivity contribution in [1.29, 1.82) is 0 Å². The molecule has 4 rings (SSSR count). The van der Waals surface area contributed by atoms with Gasteiger partial charge in [0.05, 0.1) is 13.8 Å². The Balaban J connectivity index is 1.54. The largest absolute Gasteiger partial charge is 0.497 e. The van der Waals surface area contributed by atoms with Gasteiger partial charge in [-0.1, -0.05) is 25.0 Å². The van der Waals surface area contributed by atoms with Crippen molar-refractivity contribution in [3.63, 3.8) is 0 Å². The van der Waals surface area contributed by atoms with E-state index in [2.05, 4.69) is 10.2 Å². The van der Waals surface area contributed by atoms with Gasteiger partial charge in [-0.3, -0.25) is 9.69 Å². The van der Waals surface area contributed by atoms with Crippen LogP contribution >= 0.6 is 0 Å². The lowest BCUT2D eigenvalue weighted by atomic mass is 9.78. The fourth-order valence-corrected chi connectivity index (χ4v) is 5.04. The first-order valence-electron chi connectivity index (χ1n) is 10.1. The minimum absolute atomic E-state index is 0.182. The number of carbonyl (C=O) groups excluding carboxylic acids is 2. The van der Waals surface area contributed by atoms with Crippen molar-refractivity contribution in [2.45, 2.75) is 57.0 Å². The van der Waals surface area contributed by atoms with E-state index in [9.17, 15) is 9.59 Å². The molecule has 1 N–H and O–H groups in total. The van der Waals surface area contributed by atoms with E-state index >= 15 is 0 Å². The van der Waals surface area contributed by atoms with Crippen LogP contribution in [0.3, 0.4) is 0 Å². The van der Waals surface area contributed by atoms with Crippen LogP contribution in [-0.4, -0.2) is 48.1 Å². The van der Waals surface area contributed by atoms with Gasteiger partial charge in [-0.2, -0.15) is 0 Å². The Hall–Kier alpha value is -2.08. The van der Waals surface area contributed by atoms with Crippen LogP contribution in [0.15, 0.2) is 24.3 Å². The van der Waals surface area contributed by atoms with E-state index in [1.54, 1.807) is 14.0 Å². The third kappa shape index (κ3) is 3.20. The van der Waals surface area contributed by atoms with Gasteiger partial charge in [0, 0.05) is 12.6 Å². The molecule has 146 valence electrons. The lowest BCUT2D eigenvalue weighted by Crippen LogP contribution is -2.52. The van der Waals surface area contributed by atoms with Gasteiger partial charge in [0.15, 0.2) is 0 Å². The minimum Gasteiger partial charge on any atom is -0.497 e. The molecule has 1 saturated carbocycles. The first kappa shape index (κ1) is 18.3. The van der Waals surface area contributed by atoms with Crippen molar-refractivity contribution in [3.8, 4) is 5.75 Å². The first-order valence-corrected chi connectivity index (χ1v) is 10.1. The molecule has 6 heteroatoms. The Bertz CT molecular complexity index is 735. The molecule has 3 amide bonds. The SMILES string of the molecule is COc1cccc([C@@]2(C)NC(=O)N(CN3CCC[C@H]4CCCC[C@@H]43)C2=O)c1. The Morgan fingerprint density at radius 3 is 2.78 bits per heavy atom. The standard InChI is InChI=1S/C21H29N3O3/c1-21(16-9-5-10-17(13-16)27-2)19(25)24(20(26)22-21)14-23-12-6-8-15-7-3-4-11-18(15)23/h5,9-10,13,15,18H,3-4,6-8,11-12,14H2,1-2H3,(H,22,26)/t15-,18+,21-/m1/s1. The number of benzene rings is 1. The van der Waals surface area contributed by atoms with Crippen molar-refractivity contribution < 1.29 is 14.3 Å². The molecular weight excluding hydrogens is 342 g/mol. The molecule has 2 aliphatic heterocycles. The third-order valence-electron chi connectivity index (χ3n) is 6.60. The predicted molar refractivity (Wildman–Crippen MR) is 102 cm³/mol. The number of rotatable bonds is 4. The molecule has 1 aliphatic carbocycles. The summed E-state index contributed by atoms with van der Waals surface area (Å²) in [5, 5.41) is 2.91. The number of hydrogen-bond donors (Lipinski definition) is 1. The normalized spacial score (nSPS) is 31.6. The maximum Gasteiger partial charge on any atom is 0.326 e. The summed E-state index contributed by atoms with van der Waals surface area (Å²) < 4.78 is 5.28. The summed E-state index contributed by atoms with van der Waals surface area (Å²) in [6, 6.07) is 7.57. The number of nitrogens with one attached hydrogen (secondary N) is 1. The second-order valence-corrected chi connectivity index (χ2v) is 8.23. The predicted octanol–water partition coefficient (Wildman–Crippen LogP) is 3.07. The highest BCUT2D eigenvalue weighted by atomic mass is 16.5. The van der Waals surface area contributed by atoms with Gasteiger partial charge in [0.25, 0.3) is 5.91 Å². The van der Waals surface area contributed by atoms with Crippen molar-refractivity contribution in [3.05, 3.63) is 29.8 Å². The quantitative estimate of drug-likeness (QED) is 0.827. The maximum atomic E-state index is 13.2. The number of piperidine rings is 1. The van der Waals surface area contributed by atoms with Crippen molar-refractivity contribution >= 4 is 11.9 Å². The van der Waals surface area contributed by atoms with Crippen molar-refractivity contribution in [2.24, 2.45) is 5.92 Å². The zero-order valence-corrected chi connectivity index (χ0v) is 16.2. The van der Waals surface area contributed by atoms with Crippen LogP contribution in [0.4, 0.5) is 4.79 Å². The summed E-state index contributed by atoms with van der Waals surface area (Å²) in [6.45, 7) is 3.14. The average Bonchev–Trinajstić information content (AvgIpc) is 2.92. The van der Waals surface area contributed by atoms with Crippen LogP contribution in [0.25, 0.3) is 0 Å². The molecule has 0 unspecified atom stereocenters. The fourth-order valence-electron chi connectivity index (χ4n) is 5.04. The average molecular weight is 371 g/mol.